The van der Waals surface area contributed by atoms with E-state index in [0.29, 0.717) is 0 Å². The molecule has 0 saturated heterocycles. The molecule has 2 aromatic rings. The molecule has 0 spiro atoms. The Bertz CT molecular complexity index is 525. The lowest BCUT2D eigenvalue weighted by Gasteiger charge is -2.17. The van der Waals surface area contributed by atoms with Gasteiger partial charge in [0.05, 0.1) is 6.54 Å². The van der Waals surface area contributed by atoms with Gasteiger partial charge in [-0.3, -0.25) is 4.68 Å². The van der Waals surface area contributed by atoms with Gasteiger partial charge >= 0.3 is 0 Å². The van der Waals surface area contributed by atoms with Crippen molar-refractivity contribution in [1.82, 2.24) is 19.3 Å². The van der Waals surface area contributed by atoms with Gasteiger partial charge in [0.2, 0.25) is 0 Å². The third kappa shape index (κ3) is 1.86. The minimum absolute atomic E-state index is 0.208. The molecule has 0 saturated carbocycles. The van der Waals surface area contributed by atoms with E-state index in [1.807, 2.05) is 7.05 Å². The van der Waals surface area contributed by atoms with E-state index < -0.39 is 0 Å². The van der Waals surface area contributed by atoms with Crippen LogP contribution in [0.25, 0.3) is 0 Å². The molecule has 0 radical (unpaired) electrons. The van der Waals surface area contributed by atoms with E-state index in [-0.39, 0.29) is 6.04 Å². The summed E-state index contributed by atoms with van der Waals surface area (Å²) >= 11 is 0. The van der Waals surface area contributed by atoms with E-state index >= 15 is 0 Å². The minimum atomic E-state index is 0.208. The average Bonchev–Trinajstić information content (AvgIpc) is 2.87. The number of nitrogens with two attached hydrogens (primary N) is 1. The Morgan fingerprint density at radius 3 is 3.06 bits per heavy atom. The monoisotopic (exact) mass is 231 g/mol. The van der Waals surface area contributed by atoms with Crippen molar-refractivity contribution in [1.29, 1.82) is 0 Å². The summed E-state index contributed by atoms with van der Waals surface area (Å²) in [6, 6.07) is 0.208. The highest BCUT2D eigenvalue weighted by molar-refractivity contribution is 5.30. The highest BCUT2D eigenvalue weighted by Crippen LogP contribution is 2.28. The van der Waals surface area contributed by atoms with Crippen LogP contribution in [0.5, 0.6) is 0 Å². The molecule has 1 atom stereocenters. The van der Waals surface area contributed by atoms with Gasteiger partial charge in [0.25, 0.3) is 0 Å². The van der Waals surface area contributed by atoms with Crippen LogP contribution in [-0.4, -0.2) is 19.3 Å². The zero-order chi connectivity index (χ0) is 11.8. The van der Waals surface area contributed by atoms with Crippen LogP contribution in [0.3, 0.4) is 0 Å². The molecule has 0 fully saturated rings. The SMILES string of the molecule is Cn1ncnc1Cn1cc2c(c1)C(N)CCC2. The maximum atomic E-state index is 6.12. The van der Waals surface area contributed by atoms with Crippen LogP contribution in [0.2, 0.25) is 0 Å². The van der Waals surface area contributed by atoms with Gasteiger partial charge < -0.3 is 10.3 Å². The van der Waals surface area contributed by atoms with Crippen LogP contribution >= 0.6 is 0 Å². The first-order chi connectivity index (χ1) is 8.24. The highest BCUT2D eigenvalue weighted by atomic mass is 15.3. The zero-order valence-corrected chi connectivity index (χ0v) is 10.0. The second-order valence-electron chi connectivity index (χ2n) is 4.71. The standard InChI is InChI=1S/C12H17N5/c1-16-12(14-8-15-16)7-17-5-9-3-2-4-11(13)10(9)6-17/h5-6,8,11H,2-4,7,13H2,1H3. The lowest BCUT2D eigenvalue weighted by Crippen LogP contribution is -2.15. The lowest BCUT2D eigenvalue weighted by molar-refractivity contribution is 0.573. The number of fused-ring (bicyclic) bond motifs is 1. The molecule has 90 valence electrons. The smallest absolute Gasteiger partial charge is 0.146 e. The third-order valence-electron chi connectivity index (χ3n) is 3.49. The topological polar surface area (TPSA) is 61.7 Å². The van der Waals surface area contributed by atoms with E-state index in [1.165, 1.54) is 17.5 Å². The summed E-state index contributed by atoms with van der Waals surface area (Å²) in [6.07, 6.45) is 9.39. The van der Waals surface area contributed by atoms with E-state index in [1.54, 1.807) is 11.0 Å². The minimum Gasteiger partial charge on any atom is -0.346 e. The molecule has 0 bridgehead atoms. The van der Waals surface area contributed by atoms with Crippen molar-refractivity contribution in [3.63, 3.8) is 0 Å². The predicted octanol–water partition coefficient (Wildman–Crippen LogP) is 1.00. The molecule has 5 heteroatoms. The maximum Gasteiger partial charge on any atom is 0.146 e. The Kier molecular flexibility index (Phi) is 2.48. The van der Waals surface area contributed by atoms with E-state index in [0.717, 1.165) is 25.2 Å². The van der Waals surface area contributed by atoms with Gasteiger partial charge in [-0.05, 0) is 30.4 Å². The summed E-state index contributed by atoms with van der Waals surface area (Å²) in [6.45, 7) is 0.760. The Labute approximate surface area is 100 Å². The Morgan fingerprint density at radius 2 is 2.35 bits per heavy atom. The molecule has 1 aliphatic carbocycles. The van der Waals surface area contributed by atoms with Crippen molar-refractivity contribution in [3.8, 4) is 0 Å². The average molecular weight is 231 g/mol. The summed E-state index contributed by atoms with van der Waals surface area (Å²) in [4.78, 5) is 4.24. The molecule has 0 aliphatic heterocycles. The number of hydrogen-bond acceptors (Lipinski definition) is 3. The largest absolute Gasteiger partial charge is 0.346 e. The van der Waals surface area contributed by atoms with Crippen molar-refractivity contribution in [2.45, 2.75) is 31.8 Å². The zero-order valence-electron chi connectivity index (χ0n) is 10.0. The predicted molar refractivity (Wildman–Crippen MR) is 64.4 cm³/mol. The summed E-state index contributed by atoms with van der Waals surface area (Å²) in [5.41, 5.74) is 8.81. The number of aryl methyl sites for hydroxylation is 2. The molecule has 0 aromatic carbocycles. The van der Waals surface area contributed by atoms with E-state index in [4.69, 9.17) is 5.73 Å². The van der Waals surface area contributed by atoms with Crippen LogP contribution < -0.4 is 5.73 Å². The van der Waals surface area contributed by atoms with Crippen LogP contribution in [0.1, 0.15) is 35.8 Å². The maximum absolute atomic E-state index is 6.12. The van der Waals surface area contributed by atoms with Crippen LogP contribution in [0, 0.1) is 0 Å². The molecule has 0 amide bonds. The molecule has 1 unspecified atom stereocenters. The molecule has 5 nitrogen and oxygen atoms in total. The highest BCUT2D eigenvalue weighted by Gasteiger charge is 2.18. The van der Waals surface area contributed by atoms with Crippen molar-refractivity contribution in [2.24, 2.45) is 12.8 Å². The molecule has 2 heterocycles. The molecule has 2 aromatic heterocycles. The summed E-state index contributed by atoms with van der Waals surface area (Å²) in [5, 5.41) is 4.08. The second kappa shape index (κ2) is 4.00. The van der Waals surface area contributed by atoms with Crippen molar-refractivity contribution in [3.05, 3.63) is 35.7 Å². The number of nitrogens with zero attached hydrogens (tertiary/aromatic N) is 4. The van der Waals surface area contributed by atoms with Gasteiger partial charge in [0.1, 0.15) is 12.2 Å². The molecule has 1 aliphatic rings. The van der Waals surface area contributed by atoms with Crippen molar-refractivity contribution < 1.29 is 0 Å². The summed E-state index contributed by atoms with van der Waals surface area (Å²) < 4.78 is 3.97. The Hall–Kier alpha value is -1.62. The number of hydrogen-bond donors (Lipinski definition) is 1. The first-order valence-corrected chi connectivity index (χ1v) is 6.01. The van der Waals surface area contributed by atoms with Gasteiger partial charge in [-0.2, -0.15) is 5.10 Å². The second-order valence-corrected chi connectivity index (χ2v) is 4.71. The van der Waals surface area contributed by atoms with Gasteiger partial charge in [-0.1, -0.05) is 0 Å². The first kappa shape index (κ1) is 10.5. The molecule has 17 heavy (non-hydrogen) atoms. The van der Waals surface area contributed by atoms with Crippen LogP contribution in [-0.2, 0) is 20.0 Å². The van der Waals surface area contributed by atoms with E-state index in [2.05, 4.69) is 27.0 Å². The van der Waals surface area contributed by atoms with Crippen molar-refractivity contribution in [2.75, 3.05) is 0 Å². The number of rotatable bonds is 2. The fourth-order valence-corrected chi connectivity index (χ4v) is 2.50. The summed E-state index contributed by atoms with van der Waals surface area (Å²) in [5.74, 6) is 0.964. The Morgan fingerprint density at radius 1 is 1.47 bits per heavy atom. The number of aromatic nitrogens is 4. The normalized spacial score (nSPS) is 19.3. The van der Waals surface area contributed by atoms with Crippen LogP contribution in [0.15, 0.2) is 18.7 Å². The lowest BCUT2D eigenvalue weighted by atomic mass is 9.92. The quantitative estimate of drug-likeness (QED) is 0.838. The van der Waals surface area contributed by atoms with Gasteiger partial charge in [-0.25, -0.2) is 4.98 Å². The Balaban J connectivity index is 1.88. The van der Waals surface area contributed by atoms with Gasteiger partial charge in [0.15, 0.2) is 0 Å². The van der Waals surface area contributed by atoms with Crippen LogP contribution in [0.4, 0.5) is 0 Å². The third-order valence-corrected chi connectivity index (χ3v) is 3.49. The van der Waals surface area contributed by atoms with E-state index in [9.17, 15) is 0 Å². The molecular formula is C12H17N5. The summed E-state index contributed by atoms with van der Waals surface area (Å²) in [7, 11) is 1.91. The fraction of sp³-hybridized carbons (Fsp3) is 0.500. The first-order valence-electron chi connectivity index (χ1n) is 6.01. The van der Waals surface area contributed by atoms with Gasteiger partial charge in [-0.15, -0.1) is 0 Å². The fourth-order valence-electron chi connectivity index (χ4n) is 2.50. The van der Waals surface area contributed by atoms with Gasteiger partial charge in [0, 0.05) is 25.5 Å². The molecule has 2 N–H and O–H groups in total. The van der Waals surface area contributed by atoms with Crippen molar-refractivity contribution >= 4 is 0 Å². The molecular weight excluding hydrogens is 214 g/mol. The molecule has 3 rings (SSSR count).